The van der Waals surface area contributed by atoms with Crippen LogP contribution in [0.2, 0.25) is 0 Å². The lowest BCUT2D eigenvalue weighted by Crippen LogP contribution is -2.45. The van der Waals surface area contributed by atoms with Crippen molar-refractivity contribution in [2.75, 3.05) is 13.1 Å². The molecule has 126 valence electrons. The number of likely N-dealkylation sites (tertiary alicyclic amines) is 1. The van der Waals surface area contributed by atoms with Crippen molar-refractivity contribution in [3.63, 3.8) is 0 Å². The van der Waals surface area contributed by atoms with Crippen LogP contribution in [0, 0.1) is 5.82 Å². The second-order valence-corrected chi connectivity index (χ2v) is 6.10. The molecule has 1 fully saturated rings. The molecule has 1 aliphatic heterocycles. The number of nitrogens with zero attached hydrogens (tertiary/aromatic N) is 1. The molecule has 1 saturated heterocycles. The molecule has 24 heavy (non-hydrogen) atoms. The molecule has 0 spiro atoms. The van der Waals surface area contributed by atoms with Crippen molar-refractivity contribution < 1.29 is 13.9 Å². The lowest BCUT2D eigenvalue weighted by atomic mass is 10.0. The SMILES string of the molecule is N[C@@H]1CCCN(C(=O)c2cccc(COc3cccc(F)c3)c2)C1. The van der Waals surface area contributed by atoms with Gasteiger partial charge in [-0.05, 0) is 42.7 Å². The van der Waals surface area contributed by atoms with Gasteiger partial charge < -0.3 is 15.4 Å². The number of hydrogen-bond acceptors (Lipinski definition) is 3. The molecule has 0 aromatic heterocycles. The smallest absolute Gasteiger partial charge is 0.253 e. The van der Waals surface area contributed by atoms with Crippen LogP contribution in [0.3, 0.4) is 0 Å². The van der Waals surface area contributed by atoms with Crippen molar-refractivity contribution in [3.05, 3.63) is 65.5 Å². The summed E-state index contributed by atoms with van der Waals surface area (Å²) >= 11 is 0. The van der Waals surface area contributed by atoms with Gasteiger partial charge in [0.1, 0.15) is 18.2 Å². The third-order valence-corrected chi connectivity index (χ3v) is 4.12. The molecule has 3 rings (SSSR count). The van der Waals surface area contributed by atoms with E-state index in [-0.39, 0.29) is 24.4 Å². The first-order valence-electron chi connectivity index (χ1n) is 8.14. The highest BCUT2D eigenvalue weighted by Gasteiger charge is 2.22. The maximum absolute atomic E-state index is 13.2. The van der Waals surface area contributed by atoms with Gasteiger partial charge in [-0.3, -0.25) is 4.79 Å². The number of carbonyl (C=O) groups excluding carboxylic acids is 1. The summed E-state index contributed by atoms with van der Waals surface area (Å²) in [5.41, 5.74) is 7.45. The molecule has 2 N–H and O–H groups in total. The Morgan fingerprint density at radius 1 is 1.25 bits per heavy atom. The van der Waals surface area contributed by atoms with Gasteiger partial charge in [0, 0.05) is 30.8 Å². The van der Waals surface area contributed by atoms with Crippen LogP contribution in [0.1, 0.15) is 28.8 Å². The first-order valence-corrected chi connectivity index (χ1v) is 8.14. The first-order chi connectivity index (χ1) is 11.6. The Labute approximate surface area is 141 Å². The molecule has 4 nitrogen and oxygen atoms in total. The summed E-state index contributed by atoms with van der Waals surface area (Å²) in [5, 5.41) is 0. The van der Waals surface area contributed by atoms with Gasteiger partial charge >= 0.3 is 0 Å². The molecular formula is C19H21FN2O2. The fourth-order valence-corrected chi connectivity index (χ4v) is 2.89. The average molecular weight is 328 g/mol. The number of hydrogen-bond donors (Lipinski definition) is 1. The number of halogens is 1. The van der Waals surface area contributed by atoms with Crippen molar-refractivity contribution in [1.29, 1.82) is 0 Å². The molecule has 1 heterocycles. The predicted octanol–water partition coefficient (Wildman–Crippen LogP) is 2.97. The number of carbonyl (C=O) groups is 1. The number of amides is 1. The van der Waals surface area contributed by atoms with Gasteiger partial charge in [-0.2, -0.15) is 0 Å². The number of benzene rings is 2. The molecule has 5 heteroatoms. The van der Waals surface area contributed by atoms with E-state index in [1.54, 1.807) is 23.1 Å². The molecule has 0 saturated carbocycles. The maximum atomic E-state index is 13.2. The highest BCUT2D eigenvalue weighted by molar-refractivity contribution is 5.94. The summed E-state index contributed by atoms with van der Waals surface area (Å²) in [6.45, 7) is 1.63. The molecule has 1 amide bonds. The van der Waals surface area contributed by atoms with Crippen LogP contribution in [-0.2, 0) is 6.61 Å². The summed E-state index contributed by atoms with van der Waals surface area (Å²) in [5.74, 6) is 0.129. The molecule has 1 atom stereocenters. The van der Waals surface area contributed by atoms with Crippen LogP contribution in [0.25, 0.3) is 0 Å². The van der Waals surface area contributed by atoms with Gasteiger partial charge in [-0.25, -0.2) is 4.39 Å². The Morgan fingerprint density at radius 2 is 2.08 bits per heavy atom. The largest absolute Gasteiger partial charge is 0.489 e. The lowest BCUT2D eigenvalue weighted by Gasteiger charge is -2.30. The summed E-state index contributed by atoms with van der Waals surface area (Å²) in [6.07, 6.45) is 1.90. The third-order valence-electron chi connectivity index (χ3n) is 4.12. The Balaban J connectivity index is 1.66. The molecule has 1 aliphatic rings. The van der Waals surface area contributed by atoms with E-state index in [9.17, 15) is 9.18 Å². The van der Waals surface area contributed by atoms with Crippen LogP contribution in [-0.4, -0.2) is 29.9 Å². The van der Waals surface area contributed by atoms with Gasteiger partial charge in [-0.15, -0.1) is 0 Å². The topological polar surface area (TPSA) is 55.6 Å². The number of nitrogens with two attached hydrogens (primary N) is 1. The lowest BCUT2D eigenvalue weighted by molar-refractivity contribution is 0.0708. The second kappa shape index (κ2) is 7.45. The number of ether oxygens (including phenoxy) is 1. The van der Waals surface area contributed by atoms with Gasteiger partial charge in [0.25, 0.3) is 5.91 Å². The summed E-state index contributed by atoms with van der Waals surface area (Å²) in [7, 11) is 0. The zero-order valence-corrected chi connectivity index (χ0v) is 13.5. The Kier molecular flexibility index (Phi) is 5.11. The third kappa shape index (κ3) is 4.11. The standard InChI is InChI=1S/C19H21FN2O2/c20-16-6-2-8-18(11-16)24-13-14-4-1-5-15(10-14)19(23)22-9-3-7-17(21)12-22/h1-2,4-6,8,10-11,17H,3,7,9,12-13,21H2/t17-/m1/s1. The van der Waals surface area contributed by atoms with Crippen LogP contribution >= 0.6 is 0 Å². The van der Waals surface area contributed by atoms with Crippen molar-refractivity contribution in [2.45, 2.75) is 25.5 Å². The Hall–Kier alpha value is -2.40. The predicted molar refractivity (Wildman–Crippen MR) is 90.3 cm³/mol. The minimum Gasteiger partial charge on any atom is -0.489 e. The fourth-order valence-electron chi connectivity index (χ4n) is 2.89. The van der Waals surface area contributed by atoms with E-state index in [2.05, 4.69) is 0 Å². The van der Waals surface area contributed by atoms with Crippen molar-refractivity contribution >= 4 is 5.91 Å². The van der Waals surface area contributed by atoms with E-state index >= 15 is 0 Å². The van der Waals surface area contributed by atoms with Crippen molar-refractivity contribution in [2.24, 2.45) is 5.73 Å². The van der Waals surface area contributed by atoms with Gasteiger partial charge in [0.2, 0.25) is 0 Å². The molecule has 0 aliphatic carbocycles. The van der Waals surface area contributed by atoms with Crippen LogP contribution in [0.4, 0.5) is 4.39 Å². The highest BCUT2D eigenvalue weighted by atomic mass is 19.1. The van der Waals surface area contributed by atoms with E-state index in [1.807, 2.05) is 18.2 Å². The minimum atomic E-state index is -0.335. The highest BCUT2D eigenvalue weighted by Crippen LogP contribution is 2.17. The van der Waals surface area contributed by atoms with E-state index in [0.29, 0.717) is 17.9 Å². The van der Waals surface area contributed by atoms with Gasteiger partial charge in [0.05, 0.1) is 0 Å². The Morgan fingerprint density at radius 3 is 2.88 bits per heavy atom. The zero-order valence-electron chi connectivity index (χ0n) is 13.5. The molecular weight excluding hydrogens is 307 g/mol. The van der Waals surface area contributed by atoms with Crippen molar-refractivity contribution in [1.82, 2.24) is 4.90 Å². The molecule has 0 unspecified atom stereocenters. The van der Waals surface area contributed by atoms with Gasteiger partial charge in [0.15, 0.2) is 0 Å². The molecule has 2 aromatic carbocycles. The van der Waals surface area contributed by atoms with E-state index in [4.69, 9.17) is 10.5 Å². The monoisotopic (exact) mass is 328 g/mol. The molecule has 0 bridgehead atoms. The quantitative estimate of drug-likeness (QED) is 0.939. The van der Waals surface area contributed by atoms with Crippen molar-refractivity contribution in [3.8, 4) is 5.75 Å². The average Bonchev–Trinajstić information content (AvgIpc) is 2.60. The zero-order chi connectivity index (χ0) is 16.9. The second-order valence-electron chi connectivity index (χ2n) is 6.10. The number of piperidine rings is 1. The normalized spacial score (nSPS) is 17.6. The van der Waals surface area contributed by atoms with Crippen LogP contribution in [0.15, 0.2) is 48.5 Å². The maximum Gasteiger partial charge on any atom is 0.253 e. The van der Waals surface area contributed by atoms with Crippen LogP contribution < -0.4 is 10.5 Å². The van der Waals surface area contributed by atoms with E-state index in [1.165, 1.54) is 12.1 Å². The summed E-state index contributed by atoms with van der Waals surface area (Å²) in [4.78, 5) is 14.4. The summed E-state index contributed by atoms with van der Waals surface area (Å²) < 4.78 is 18.7. The number of rotatable bonds is 4. The van der Waals surface area contributed by atoms with E-state index in [0.717, 1.165) is 24.9 Å². The Bertz CT molecular complexity index is 720. The van der Waals surface area contributed by atoms with Gasteiger partial charge in [-0.1, -0.05) is 18.2 Å². The minimum absolute atomic E-state index is 0.00208. The summed E-state index contributed by atoms with van der Waals surface area (Å²) in [6, 6.07) is 13.4. The first kappa shape index (κ1) is 16.5. The molecule has 0 radical (unpaired) electrons. The fraction of sp³-hybridized carbons (Fsp3) is 0.316. The van der Waals surface area contributed by atoms with E-state index < -0.39 is 0 Å². The van der Waals surface area contributed by atoms with Crippen LogP contribution in [0.5, 0.6) is 5.75 Å². The molecule has 2 aromatic rings.